The summed E-state index contributed by atoms with van der Waals surface area (Å²) < 4.78 is 2.02. The fourth-order valence-corrected chi connectivity index (χ4v) is 2.39. The highest BCUT2D eigenvalue weighted by atomic mass is 35.5. The van der Waals surface area contributed by atoms with Crippen LogP contribution in [0.2, 0.25) is 5.02 Å². The highest BCUT2D eigenvalue weighted by molar-refractivity contribution is 6.30. The fourth-order valence-electron chi connectivity index (χ4n) is 2.27. The first kappa shape index (κ1) is 16.0. The number of benzene rings is 1. The number of hydrogen-bond donors (Lipinski definition) is 2. The molecule has 3 N–H and O–H groups in total. The topological polar surface area (TPSA) is 55.9 Å². The second kappa shape index (κ2) is 7.59. The molecule has 4 nitrogen and oxygen atoms in total. The highest BCUT2D eigenvalue weighted by Gasteiger charge is 2.12. The third kappa shape index (κ3) is 4.56. The third-order valence-corrected chi connectivity index (χ3v) is 4.04. The summed E-state index contributed by atoms with van der Waals surface area (Å²) in [5.74, 6) is 5.68. The number of aromatic nitrogens is 2. The lowest BCUT2D eigenvalue weighted by Gasteiger charge is -2.15. The molecule has 0 saturated heterocycles. The molecule has 0 spiro atoms. The van der Waals surface area contributed by atoms with Crippen LogP contribution in [0.4, 0.5) is 0 Å². The Morgan fingerprint density at radius 3 is 2.57 bits per heavy atom. The molecule has 1 heterocycles. The van der Waals surface area contributed by atoms with Gasteiger partial charge in [-0.05, 0) is 43.5 Å². The van der Waals surface area contributed by atoms with E-state index in [4.69, 9.17) is 17.4 Å². The van der Waals surface area contributed by atoms with Crippen molar-refractivity contribution in [2.75, 3.05) is 0 Å². The van der Waals surface area contributed by atoms with Crippen molar-refractivity contribution in [1.82, 2.24) is 15.2 Å². The second-order valence-electron chi connectivity index (χ2n) is 5.44. The van der Waals surface area contributed by atoms with E-state index < -0.39 is 0 Å². The van der Waals surface area contributed by atoms with E-state index in [0.29, 0.717) is 6.04 Å². The van der Waals surface area contributed by atoms with Gasteiger partial charge in [0, 0.05) is 29.7 Å². The number of hydrogen-bond acceptors (Lipinski definition) is 3. The first-order valence-electron chi connectivity index (χ1n) is 7.37. The maximum atomic E-state index is 5.90. The molecule has 0 bridgehead atoms. The van der Waals surface area contributed by atoms with Crippen LogP contribution in [-0.4, -0.2) is 15.8 Å². The Kier molecular flexibility index (Phi) is 5.79. The van der Waals surface area contributed by atoms with Crippen molar-refractivity contribution in [3.63, 3.8) is 0 Å². The summed E-state index contributed by atoms with van der Waals surface area (Å²) in [4.78, 5) is 0. The minimum Gasteiger partial charge on any atom is -0.271 e. The lowest BCUT2D eigenvalue weighted by molar-refractivity contribution is 0.464. The predicted octanol–water partition coefficient (Wildman–Crippen LogP) is 3.12. The molecule has 0 aliphatic carbocycles. The zero-order valence-electron chi connectivity index (χ0n) is 12.6. The molecule has 2 rings (SSSR count). The Bertz CT molecular complexity index is 550. The molecule has 1 aromatic carbocycles. The van der Waals surface area contributed by atoms with Gasteiger partial charge in [0.05, 0.1) is 5.69 Å². The second-order valence-corrected chi connectivity index (χ2v) is 5.88. The molecule has 1 aromatic heterocycles. The number of rotatable bonds is 7. The molecule has 2 unspecified atom stereocenters. The van der Waals surface area contributed by atoms with Crippen LogP contribution in [0.15, 0.2) is 36.5 Å². The molecule has 2 aromatic rings. The average Bonchev–Trinajstić information content (AvgIpc) is 2.96. The Morgan fingerprint density at radius 1 is 1.24 bits per heavy atom. The molecule has 0 saturated carbocycles. The predicted molar refractivity (Wildman–Crippen MR) is 87.2 cm³/mol. The lowest BCUT2D eigenvalue weighted by Crippen LogP contribution is -2.38. The van der Waals surface area contributed by atoms with Crippen LogP contribution < -0.4 is 11.3 Å². The zero-order chi connectivity index (χ0) is 15.2. The fraction of sp³-hybridized carbons (Fsp3) is 0.438. The smallest absolute Gasteiger partial charge is 0.0640 e. The standard InChI is InChI=1S/C16H23ClN4/c1-3-12(2)21-9-8-15(20-21)11-16(19-18)10-13-4-6-14(17)7-5-13/h4-9,12,16,19H,3,10-11,18H2,1-2H3. The summed E-state index contributed by atoms with van der Waals surface area (Å²) in [6.45, 7) is 4.33. The number of nitrogens with zero attached hydrogens (tertiary/aromatic N) is 2. The normalized spacial score (nSPS) is 14.1. The molecule has 0 fully saturated rings. The summed E-state index contributed by atoms with van der Waals surface area (Å²) in [6.07, 6.45) is 4.77. The molecule has 0 aliphatic heterocycles. The first-order chi connectivity index (χ1) is 10.1. The van der Waals surface area contributed by atoms with Crippen molar-refractivity contribution in [3.8, 4) is 0 Å². The monoisotopic (exact) mass is 306 g/mol. The maximum absolute atomic E-state index is 5.90. The van der Waals surface area contributed by atoms with Crippen LogP contribution in [0.5, 0.6) is 0 Å². The van der Waals surface area contributed by atoms with Gasteiger partial charge in [-0.25, -0.2) is 0 Å². The van der Waals surface area contributed by atoms with Crippen LogP contribution in [0.3, 0.4) is 0 Å². The Balaban J connectivity index is 1.98. The highest BCUT2D eigenvalue weighted by Crippen LogP contribution is 2.14. The van der Waals surface area contributed by atoms with E-state index in [1.165, 1.54) is 5.56 Å². The minimum atomic E-state index is 0.159. The van der Waals surface area contributed by atoms with Crippen LogP contribution >= 0.6 is 11.6 Å². The van der Waals surface area contributed by atoms with Gasteiger partial charge in [0.1, 0.15) is 0 Å². The molecule has 0 amide bonds. The minimum absolute atomic E-state index is 0.159. The zero-order valence-corrected chi connectivity index (χ0v) is 13.3. The van der Waals surface area contributed by atoms with Crippen molar-refractivity contribution < 1.29 is 0 Å². The van der Waals surface area contributed by atoms with Crippen LogP contribution in [0.25, 0.3) is 0 Å². The van der Waals surface area contributed by atoms with Crippen LogP contribution in [0.1, 0.15) is 37.6 Å². The molecule has 0 radical (unpaired) electrons. The number of hydrazine groups is 1. The Morgan fingerprint density at radius 2 is 1.95 bits per heavy atom. The van der Waals surface area contributed by atoms with E-state index >= 15 is 0 Å². The van der Waals surface area contributed by atoms with Gasteiger partial charge in [-0.1, -0.05) is 30.7 Å². The molecule has 0 aliphatic rings. The van der Waals surface area contributed by atoms with Gasteiger partial charge in [-0.3, -0.25) is 16.0 Å². The SMILES string of the molecule is CCC(C)n1ccc(CC(Cc2ccc(Cl)cc2)NN)n1. The van der Waals surface area contributed by atoms with Gasteiger partial charge in [0.15, 0.2) is 0 Å². The van der Waals surface area contributed by atoms with E-state index in [0.717, 1.165) is 30.0 Å². The van der Waals surface area contributed by atoms with E-state index in [1.54, 1.807) is 0 Å². The van der Waals surface area contributed by atoms with E-state index in [1.807, 2.05) is 35.1 Å². The molecular formula is C16H23ClN4. The van der Waals surface area contributed by atoms with Crippen molar-refractivity contribution in [3.05, 3.63) is 52.8 Å². The van der Waals surface area contributed by atoms with E-state index in [-0.39, 0.29) is 6.04 Å². The molecule has 2 atom stereocenters. The number of nitrogens with two attached hydrogens (primary N) is 1. The van der Waals surface area contributed by atoms with Gasteiger partial charge in [0.2, 0.25) is 0 Å². The summed E-state index contributed by atoms with van der Waals surface area (Å²) in [6, 6.07) is 10.5. The average molecular weight is 307 g/mol. The van der Waals surface area contributed by atoms with E-state index in [2.05, 4.69) is 30.4 Å². The van der Waals surface area contributed by atoms with Crippen molar-refractivity contribution in [2.45, 2.75) is 45.2 Å². The molecule has 21 heavy (non-hydrogen) atoms. The molecular weight excluding hydrogens is 284 g/mol. The summed E-state index contributed by atoms with van der Waals surface area (Å²) in [5.41, 5.74) is 5.16. The van der Waals surface area contributed by atoms with Gasteiger partial charge in [-0.2, -0.15) is 5.10 Å². The largest absolute Gasteiger partial charge is 0.271 e. The summed E-state index contributed by atoms with van der Waals surface area (Å²) in [5, 5.41) is 5.38. The van der Waals surface area contributed by atoms with E-state index in [9.17, 15) is 0 Å². The van der Waals surface area contributed by atoms with Crippen molar-refractivity contribution in [1.29, 1.82) is 0 Å². The lowest BCUT2D eigenvalue weighted by atomic mass is 10.0. The van der Waals surface area contributed by atoms with Gasteiger partial charge in [0.25, 0.3) is 0 Å². The summed E-state index contributed by atoms with van der Waals surface area (Å²) in [7, 11) is 0. The van der Waals surface area contributed by atoms with Crippen LogP contribution in [-0.2, 0) is 12.8 Å². The summed E-state index contributed by atoms with van der Waals surface area (Å²) >= 11 is 5.90. The van der Waals surface area contributed by atoms with Gasteiger partial charge >= 0.3 is 0 Å². The van der Waals surface area contributed by atoms with Gasteiger partial charge < -0.3 is 0 Å². The van der Waals surface area contributed by atoms with Gasteiger partial charge in [-0.15, -0.1) is 0 Å². The number of halogens is 1. The van der Waals surface area contributed by atoms with Crippen LogP contribution in [0, 0.1) is 0 Å². The first-order valence-corrected chi connectivity index (χ1v) is 7.74. The Hall–Kier alpha value is -1.36. The quantitative estimate of drug-likeness (QED) is 0.610. The van der Waals surface area contributed by atoms with Crippen molar-refractivity contribution in [2.24, 2.45) is 5.84 Å². The number of nitrogens with one attached hydrogen (secondary N) is 1. The van der Waals surface area contributed by atoms with Crippen molar-refractivity contribution >= 4 is 11.6 Å². The molecule has 114 valence electrons. The molecule has 5 heteroatoms. The third-order valence-electron chi connectivity index (χ3n) is 3.79. The maximum Gasteiger partial charge on any atom is 0.0640 e. The Labute approximate surface area is 131 Å².